The van der Waals surface area contributed by atoms with E-state index in [2.05, 4.69) is 191 Å². The molecule has 0 bridgehead atoms. The van der Waals surface area contributed by atoms with E-state index in [0.29, 0.717) is 17.6 Å². The number of fused-ring (bicyclic) bond motifs is 10. The summed E-state index contributed by atoms with van der Waals surface area (Å²) < 4.78 is 4.63. The Kier molecular flexibility index (Phi) is 6.43. The van der Waals surface area contributed by atoms with Gasteiger partial charge in [-0.2, -0.15) is 9.97 Å². The highest BCUT2D eigenvalue weighted by Crippen LogP contribution is 2.62. The molecule has 0 aliphatic heterocycles. The van der Waals surface area contributed by atoms with Crippen molar-refractivity contribution in [2.24, 2.45) is 0 Å². The summed E-state index contributed by atoms with van der Waals surface area (Å²) in [5, 5.41) is 7.38. The minimum atomic E-state index is -0.494. The van der Waals surface area contributed by atoms with Crippen LogP contribution in [0.3, 0.4) is 0 Å². The van der Waals surface area contributed by atoms with Gasteiger partial charge in [0.05, 0.1) is 27.5 Å². The van der Waals surface area contributed by atoms with Crippen LogP contribution in [0.5, 0.6) is 0 Å². The van der Waals surface area contributed by atoms with Crippen molar-refractivity contribution in [2.45, 2.75) is 5.41 Å². The van der Waals surface area contributed by atoms with Crippen LogP contribution in [0.15, 0.2) is 200 Å². The maximum absolute atomic E-state index is 5.45. The summed E-state index contributed by atoms with van der Waals surface area (Å²) in [7, 11) is 0. The van der Waals surface area contributed by atoms with Gasteiger partial charge in [-0.1, -0.05) is 164 Å². The molecule has 2 aliphatic rings. The Hall–Kier alpha value is -8.15. The minimum Gasteiger partial charge on any atom is -0.309 e. The third-order valence-electron chi connectivity index (χ3n) is 13.4. The first-order valence-corrected chi connectivity index (χ1v) is 20.9. The largest absolute Gasteiger partial charge is 0.309 e. The molecule has 0 saturated carbocycles. The Morgan fingerprint density at radius 2 is 0.934 bits per heavy atom. The summed E-state index contributed by atoms with van der Waals surface area (Å²) in [6.07, 6.45) is 0. The van der Waals surface area contributed by atoms with E-state index in [4.69, 9.17) is 15.0 Å². The number of rotatable bonds is 4. The Morgan fingerprint density at radius 3 is 1.72 bits per heavy atom. The lowest BCUT2D eigenvalue weighted by atomic mass is 9.63. The molecule has 0 radical (unpaired) electrons. The molecule has 2 aliphatic carbocycles. The Labute approximate surface area is 350 Å². The first-order chi connectivity index (χ1) is 30.3. The third kappa shape index (κ3) is 4.21. The monoisotopic (exact) mass is 775 g/mol. The first kappa shape index (κ1) is 32.8. The number of aromatic nitrogens is 5. The van der Waals surface area contributed by atoms with Crippen LogP contribution in [0.1, 0.15) is 22.3 Å². The summed E-state index contributed by atoms with van der Waals surface area (Å²) in [6.45, 7) is 0. The molecule has 1 spiro atoms. The average molecular weight is 776 g/mol. The number of nitrogens with zero attached hydrogens (tertiary/aromatic N) is 5. The van der Waals surface area contributed by atoms with Crippen LogP contribution in [-0.4, -0.2) is 24.1 Å². The molecule has 0 atom stereocenters. The molecule has 282 valence electrons. The van der Waals surface area contributed by atoms with Crippen molar-refractivity contribution < 1.29 is 0 Å². The highest BCUT2D eigenvalue weighted by atomic mass is 15.2. The number of benzene rings is 9. The fraction of sp³-hybridized carbons (Fsp3) is 0.0179. The van der Waals surface area contributed by atoms with Gasteiger partial charge in [-0.05, 0) is 80.6 Å². The smallest absolute Gasteiger partial charge is 0.238 e. The van der Waals surface area contributed by atoms with Gasteiger partial charge in [0.25, 0.3) is 0 Å². The van der Waals surface area contributed by atoms with E-state index < -0.39 is 5.41 Å². The number of para-hydroxylation sites is 2. The Bertz CT molecular complexity index is 3780. The van der Waals surface area contributed by atoms with Gasteiger partial charge in [0.2, 0.25) is 5.95 Å². The van der Waals surface area contributed by atoms with Crippen LogP contribution in [0.25, 0.3) is 99.9 Å². The summed E-state index contributed by atoms with van der Waals surface area (Å²) in [6, 6.07) is 72.3. The molecule has 3 heterocycles. The second-order valence-electron chi connectivity index (χ2n) is 16.3. The third-order valence-corrected chi connectivity index (χ3v) is 13.4. The predicted molar refractivity (Wildman–Crippen MR) is 248 cm³/mol. The van der Waals surface area contributed by atoms with Crippen molar-refractivity contribution in [1.82, 2.24) is 24.1 Å². The molecule has 3 aromatic heterocycles. The fourth-order valence-electron chi connectivity index (χ4n) is 11.0. The molecule has 0 fully saturated rings. The molecule has 0 amide bonds. The van der Waals surface area contributed by atoms with Gasteiger partial charge in [0.15, 0.2) is 11.6 Å². The molecule has 0 N–H and O–H groups in total. The molecular formula is C56H33N5. The quantitative estimate of drug-likeness (QED) is 0.179. The van der Waals surface area contributed by atoms with Crippen molar-refractivity contribution >= 4 is 54.4 Å². The highest BCUT2D eigenvalue weighted by molar-refractivity contribution is 6.26. The molecule has 0 saturated heterocycles. The molecule has 9 aromatic carbocycles. The van der Waals surface area contributed by atoms with E-state index in [1.165, 1.54) is 65.7 Å². The van der Waals surface area contributed by atoms with Crippen LogP contribution in [-0.2, 0) is 5.41 Å². The molecular weight excluding hydrogens is 743 g/mol. The molecule has 5 nitrogen and oxygen atoms in total. The molecule has 12 aromatic rings. The Balaban J connectivity index is 1.08. The van der Waals surface area contributed by atoms with E-state index >= 15 is 0 Å². The van der Waals surface area contributed by atoms with Gasteiger partial charge < -0.3 is 4.57 Å². The van der Waals surface area contributed by atoms with E-state index in [0.717, 1.165) is 38.9 Å². The standard InChI is InChI=1S/C56H33N5/c1-3-15-35(16-4-1)53-57-54(36-29-31-41-40-22-9-12-27-46(40)60(49(41)33-36)37-18-5-2-6-19-37)59-55(58-53)61-47-28-14-26-45-51(47)52-48(61)32-30-34-17-13-25-44(50(34)52)56(45)42-23-10-7-20-38(42)39-21-8-11-24-43(39)56/h1-33H. The SMILES string of the molecule is c1ccc(-c2nc(-c3ccc4c5ccccc5n(-c5ccccc5)c4c3)nc(-n3c4cccc5c4c4c6c(cccc6ccc43)C53c4ccccc4-c4ccccc43)n2)cc1. The predicted octanol–water partition coefficient (Wildman–Crippen LogP) is 13.2. The van der Waals surface area contributed by atoms with Crippen molar-refractivity contribution in [3.63, 3.8) is 0 Å². The summed E-state index contributed by atoms with van der Waals surface area (Å²) in [5.74, 6) is 1.83. The van der Waals surface area contributed by atoms with Crippen molar-refractivity contribution in [1.29, 1.82) is 0 Å². The lowest BCUT2D eigenvalue weighted by Gasteiger charge is -2.37. The van der Waals surface area contributed by atoms with E-state index in [1.807, 2.05) is 18.2 Å². The van der Waals surface area contributed by atoms with Crippen LogP contribution in [0.2, 0.25) is 0 Å². The van der Waals surface area contributed by atoms with E-state index in [9.17, 15) is 0 Å². The second kappa shape index (κ2) is 12.0. The van der Waals surface area contributed by atoms with Crippen molar-refractivity contribution in [2.75, 3.05) is 0 Å². The maximum Gasteiger partial charge on any atom is 0.238 e. The summed E-state index contributed by atoms with van der Waals surface area (Å²) >= 11 is 0. The van der Waals surface area contributed by atoms with Crippen LogP contribution in [0.4, 0.5) is 0 Å². The second-order valence-corrected chi connectivity index (χ2v) is 16.3. The average Bonchev–Trinajstić information content (AvgIpc) is 3.96. The molecule has 61 heavy (non-hydrogen) atoms. The van der Waals surface area contributed by atoms with Crippen LogP contribution < -0.4 is 0 Å². The van der Waals surface area contributed by atoms with Gasteiger partial charge in [0, 0.05) is 38.4 Å². The van der Waals surface area contributed by atoms with Gasteiger partial charge in [-0.15, -0.1) is 0 Å². The lowest BCUT2D eigenvalue weighted by Crippen LogP contribution is -2.30. The number of hydrogen-bond acceptors (Lipinski definition) is 3. The summed E-state index contributed by atoms with van der Waals surface area (Å²) in [5.41, 5.74) is 14.7. The summed E-state index contributed by atoms with van der Waals surface area (Å²) in [4.78, 5) is 16.1. The zero-order valence-electron chi connectivity index (χ0n) is 32.8. The fourth-order valence-corrected chi connectivity index (χ4v) is 11.0. The molecule has 0 unspecified atom stereocenters. The topological polar surface area (TPSA) is 48.5 Å². The Morgan fingerprint density at radius 1 is 0.344 bits per heavy atom. The zero-order chi connectivity index (χ0) is 39.8. The molecule has 5 heteroatoms. The van der Waals surface area contributed by atoms with Gasteiger partial charge in [-0.25, -0.2) is 4.98 Å². The van der Waals surface area contributed by atoms with E-state index in [1.54, 1.807) is 0 Å². The zero-order valence-corrected chi connectivity index (χ0v) is 32.8. The van der Waals surface area contributed by atoms with Gasteiger partial charge in [-0.3, -0.25) is 4.57 Å². The highest BCUT2D eigenvalue weighted by Gasteiger charge is 2.50. The van der Waals surface area contributed by atoms with Gasteiger partial charge >= 0.3 is 0 Å². The normalized spacial score (nSPS) is 13.4. The maximum atomic E-state index is 5.45. The van der Waals surface area contributed by atoms with Crippen molar-refractivity contribution in [3.8, 4) is 45.5 Å². The minimum absolute atomic E-state index is 0.494. The number of hydrogen-bond donors (Lipinski definition) is 0. The molecule has 14 rings (SSSR count). The first-order valence-electron chi connectivity index (χ1n) is 20.9. The van der Waals surface area contributed by atoms with Crippen LogP contribution >= 0.6 is 0 Å². The van der Waals surface area contributed by atoms with Gasteiger partial charge in [0.1, 0.15) is 0 Å². The van der Waals surface area contributed by atoms with E-state index in [-0.39, 0.29) is 0 Å². The van der Waals surface area contributed by atoms with Crippen LogP contribution in [0, 0.1) is 0 Å². The lowest BCUT2D eigenvalue weighted by molar-refractivity contribution is 0.783. The van der Waals surface area contributed by atoms with Crippen molar-refractivity contribution in [3.05, 3.63) is 222 Å².